The van der Waals surface area contributed by atoms with Gasteiger partial charge in [0.25, 0.3) is 0 Å². The number of amides is 1. The highest BCUT2D eigenvalue weighted by Gasteiger charge is 2.21. The highest BCUT2D eigenvalue weighted by atomic mass is 35.5. The molecule has 0 bridgehead atoms. The van der Waals surface area contributed by atoms with Crippen molar-refractivity contribution in [2.24, 2.45) is 0 Å². The predicted octanol–water partition coefficient (Wildman–Crippen LogP) is 7.38. The van der Waals surface area contributed by atoms with Crippen LogP contribution in [-0.4, -0.2) is 23.3 Å². The van der Waals surface area contributed by atoms with Gasteiger partial charge in [-0.1, -0.05) is 71.4 Å². The molecule has 4 rings (SSSR count). The maximum atomic E-state index is 12.9. The molecule has 0 aliphatic heterocycles. The first-order valence-corrected chi connectivity index (χ1v) is 12.5. The van der Waals surface area contributed by atoms with Crippen molar-refractivity contribution in [3.63, 3.8) is 0 Å². The summed E-state index contributed by atoms with van der Waals surface area (Å²) in [6.45, 7) is 3.82. The molecule has 0 fully saturated rings. The Kier molecular flexibility index (Phi) is 7.94. The third kappa shape index (κ3) is 5.88. The summed E-state index contributed by atoms with van der Waals surface area (Å²) in [6, 6.07) is 26.8. The molecule has 3 aromatic carbocycles. The van der Waals surface area contributed by atoms with Crippen LogP contribution in [0.5, 0.6) is 5.75 Å². The number of ether oxygens (including phenoxy) is 1. The minimum absolute atomic E-state index is 0.209. The molecule has 1 amide bonds. The summed E-state index contributed by atoms with van der Waals surface area (Å²) in [5.74, 6) is 0.519. The number of benzene rings is 3. The lowest BCUT2D eigenvalue weighted by atomic mass is 9.99. The fourth-order valence-electron chi connectivity index (χ4n) is 3.62. The Morgan fingerprint density at radius 2 is 1.75 bits per heavy atom. The number of aromatic nitrogens is 1. The van der Waals surface area contributed by atoms with E-state index in [4.69, 9.17) is 21.3 Å². The molecule has 0 spiro atoms. The van der Waals surface area contributed by atoms with Gasteiger partial charge in [0.1, 0.15) is 16.8 Å². The van der Waals surface area contributed by atoms with Gasteiger partial charge in [0, 0.05) is 21.8 Å². The van der Waals surface area contributed by atoms with Crippen LogP contribution in [0.3, 0.4) is 0 Å². The zero-order valence-electron chi connectivity index (χ0n) is 20.1. The zero-order chi connectivity index (χ0) is 25.7. The molecule has 0 aliphatic carbocycles. The molecule has 0 saturated heterocycles. The number of nitrogens with zero attached hydrogens (tertiary/aromatic N) is 2. The highest BCUT2D eigenvalue weighted by molar-refractivity contribution is 8.00. The Balaban J connectivity index is 1.74. The molecule has 0 radical (unpaired) electrons. The fraction of sp³-hybridized carbons (Fsp3) is 0.138. The molecule has 0 unspecified atom stereocenters. The van der Waals surface area contributed by atoms with E-state index in [1.165, 1.54) is 11.8 Å². The first-order chi connectivity index (χ1) is 17.4. The largest absolute Gasteiger partial charge is 0.497 e. The van der Waals surface area contributed by atoms with Gasteiger partial charge in [0.05, 0.1) is 23.6 Å². The van der Waals surface area contributed by atoms with E-state index >= 15 is 0 Å². The molecular formula is C29H24ClN3O2S. The second-order valence-electron chi connectivity index (χ2n) is 8.20. The van der Waals surface area contributed by atoms with E-state index in [9.17, 15) is 10.1 Å². The molecule has 0 aliphatic rings. The highest BCUT2D eigenvalue weighted by Crippen LogP contribution is 2.36. The second-order valence-corrected chi connectivity index (χ2v) is 9.97. The molecule has 7 heteroatoms. The molecule has 1 atom stereocenters. The van der Waals surface area contributed by atoms with Crippen LogP contribution in [0.25, 0.3) is 22.4 Å². The van der Waals surface area contributed by atoms with Crippen molar-refractivity contribution < 1.29 is 9.53 Å². The van der Waals surface area contributed by atoms with Crippen LogP contribution in [0.15, 0.2) is 83.9 Å². The predicted molar refractivity (Wildman–Crippen MR) is 147 cm³/mol. The maximum absolute atomic E-state index is 12.9. The summed E-state index contributed by atoms with van der Waals surface area (Å²) in [4.78, 5) is 17.8. The topological polar surface area (TPSA) is 75.0 Å². The van der Waals surface area contributed by atoms with Gasteiger partial charge in [0.15, 0.2) is 0 Å². The van der Waals surface area contributed by atoms with Gasteiger partial charge in [-0.05, 0) is 55.8 Å². The van der Waals surface area contributed by atoms with Crippen LogP contribution in [0.1, 0.15) is 18.1 Å². The number of methoxy groups -OCH3 is 1. The lowest BCUT2D eigenvalue weighted by Crippen LogP contribution is -2.22. The normalized spacial score (nSPS) is 11.4. The minimum atomic E-state index is -0.513. The zero-order valence-corrected chi connectivity index (χ0v) is 21.7. The molecule has 36 heavy (non-hydrogen) atoms. The second kappa shape index (κ2) is 11.3. The Labute approximate surface area is 220 Å². The number of carbonyl (C=O) groups is 1. The third-order valence-corrected chi connectivity index (χ3v) is 6.92. The van der Waals surface area contributed by atoms with Crippen LogP contribution in [0, 0.1) is 18.3 Å². The standard InChI is InChI=1S/C29H24ClN3O2S/c1-18-7-9-21(10-8-18)27-16-25(20-11-13-24(35-3)14-12-20)26(17-31)29(33-27)36-19(2)28(34)32-23-6-4-5-22(30)15-23/h4-16,19H,1-3H3,(H,32,34)/t19-/m0/s1. The van der Waals surface area contributed by atoms with E-state index in [1.54, 1.807) is 38.3 Å². The summed E-state index contributed by atoms with van der Waals surface area (Å²) in [5.41, 5.74) is 5.44. The minimum Gasteiger partial charge on any atom is -0.497 e. The van der Waals surface area contributed by atoms with Crippen LogP contribution < -0.4 is 10.1 Å². The summed E-state index contributed by atoms with van der Waals surface area (Å²) in [5, 5.41) is 13.5. The van der Waals surface area contributed by atoms with Gasteiger partial charge in [0.2, 0.25) is 5.91 Å². The average Bonchev–Trinajstić information content (AvgIpc) is 2.88. The van der Waals surface area contributed by atoms with Crippen molar-refractivity contribution in [2.45, 2.75) is 24.1 Å². The Morgan fingerprint density at radius 3 is 2.39 bits per heavy atom. The van der Waals surface area contributed by atoms with E-state index in [0.29, 0.717) is 21.3 Å². The number of pyridine rings is 1. The lowest BCUT2D eigenvalue weighted by molar-refractivity contribution is -0.115. The van der Waals surface area contributed by atoms with Crippen molar-refractivity contribution in [3.05, 3.63) is 95.0 Å². The summed E-state index contributed by atoms with van der Waals surface area (Å²) < 4.78 is 5.29. The van der Waals surface area contributed by atoms with Gasteiger partial charge in [-0.3, -0.25) is 4.79 Å². The van der Waals surface area contributed by atoms with E-state index in [0.717, 1.165) is 33.7 Å². The van der Waals surface area contributed by atoms with Crippen molar-refractivity contribution in [2.75, 3.05) is 12.4 Å². The SMILES string of the molecule is COc1ccc(-c2cc(-c3ccc(C)cc3)nc(S[C@@H](C)C(=O)Nc3cccc(Cl)c3)c2C#N)cc1. The molecule has 1 N–H and O–H groups in total. The molecule has 1 aromatic heterocycles. The number of halogens is 1. The third-order valence-electron chi connectivity index (χ3n) is 5.60. The smallest absolute Gasteiger partial charge is 0.237 e. The van der Waals surface area contributed by atoms with Crippen molar-refractivity contribution in [1.29, 1.82) is 5.26 Å². The van der Waals surface area contributed by atoms with Crippen molar-refractivity contribution >= 4 is 35.0 Å². The van der Waals surface area contributed by atoms with E-state index in [1.807, 2.05) is 61.5 Å². The number of nitriles is 1. The van der Waals surface area contributed by atoms with Gasteiger partial charge in [-0.2, -0.15) is 5.26 Å². The monoisotopic (exact) mass is 513 g/mol. The number of hydrogen-bond donors (Lipinski definition) is 1. The van der Waals surface area contributed by atoms with Gasteiger partial charge in [-0.25, -0.2) is 4.98 Å². The van der Waals surface area contributed by atoms with E-state index in [2.05, 4.69) is 11.4 Å². The number of hydrogen-bond acceptors (Lipinski definition) is 5. The number of anilines is 1. The molecule has 5 nitrogen and oxygen atoms in total. The van der Waals surface area contributed by atoms with Crippen LogP contribution >= 0.6 is 23.4 Å². The van der Waals surface area contributed by atoms with Crippen LogP contribution in [0.4, 0.5) is 5.69 Å². The fourth-order valence-corrected chi connectivity index (χ4v) is 4.73. The quantitative estimate of drug-likeness (QED) is 0.261. The number of aryl methyl sites for hydroxylation is 1. The summed E-state index contributed by atoms with van der Waals surface area (Å²) in [7, 11) is 1.61. The Morgan fingerprint density at radius 1 is 1.06 bits per heavy atom. The van der Waals surface area contributed by atoms with Crippen LogP contribution in [0.2, 0.25) is 5.02 Å². The van der Waals surface area contributed by atoms with E-state index in [-0.39, 0.29) is 5.91 Å². The number of carbonyl (C=O) groups excluding carboxylic acids is 1. The molecule has 1 heterocycles. The van der Waals surface area contributed by atoms with Gasteiger partial charge < -0.3 is 10.1 Å². The molecule has 180 valence electrons. The van der Waals surface area contributed by atoms with Crippen LogP contribution in [-0.2, 0) is 4.79 Å². The average molecular weight is 514 g/mol. The number of rotatable bonds is 7. The van der Waals surface area contributed by atoms with Crippen molar-refractivity contribution in [3.8, 4) is 34.2 Å². The van der Waals surface area contributed by atoms with Gasteiger partial charge in [-0.15, -0.1) is 0 Å². The summed E-state index contributed by atoms with van der Waals surface area (Å²) >= 11 is 7.30. The number of nitrogens with one attached hydrogen (secondary N) is 1. The van der Waals surface area contributed by atoms with Crippen molar-refractivity contribution in [1.82, 2.24) is 4.98 Å². The van der Waals surface area contributed by atoms with E-state index < -0.39 is 5.25 Å². The maximum Gasteiger partial charge on any atom is 0.237 e. The van der Waals surface area contributed by atoms with Gasteiger partial charge >= 0.3 is 0 Å². The molecular weight excluding hydrogens is 490 g/mol. The summed E-state index contributed by atoms with van der Waals surface area (Å²) in [6.07, 6.45) is 0. The first kappa shape index (κ1) is 25.3. The lowest BCUT2D eigenvalue weighted by Gasteiger charge is -2.16. The Hall–Kier alpha value is -3.79. The number of thioether (sulfide) groups is 1. The first-order valence-electron chi connectivity index (χ1n) is 11.3. The molecule has 0 saturated carbocycles. The molecule has 4 aromatic rings. The Bertz CT molecular complexity index is 1430.